The van der Waals surface area contributed by atoms with Crippen molar-refractivity contribution in [1.82, 2.24) is 0 Å². The molecule has 0 aliphatic heterocycles. The summed E-state index contributed by atoms with van der Waals surface area (Å²) in [5.41, 5.74) is 0. The van der Waals surface area contributed by atoms with Crippen molar-refractivity contribution in [1.29, 1.82) is 0 Å². The van der Waals surface area contributed by atoms with Crippen LogP contribution in [0.3, 0.4) is 0 Å². The van der Waals surface area contributed by atoms with Gasteiger partial charge in [-0.3, -0.25) is 4.52 Å². The average molecular weight is 349 g/mol. The van der Waals surface area contributed by atoms with E-state index in [-0.39, 0.29) is 0 Å². The van der Waals surface area contributed by atoms with E-state index in [9.17, 15) is 0 Å². The van der Waals surface area contributed by atoms with Gasteiger partial charge in [-0.05, 0) is 24.3 Å². The minimum atomic E-state index is -3.03. The fourth-order valence-electron chi connectivity index (χ4n) is 1.37. The molecule has 0 N–H and O–H groups in total. The zero-order valence-corrected chi connectivity index (χ0v) is 13.7. The van der Waals surface area contributed by atoms with E-state index >= 15 is 0 Å². The van der Waals surface area contributed by atoms with Crippen molar-refractivity contribution in [2.75, 3.05) is 7.11 Å². The Labute approximate surface area is 132 Å². The number of para-hydroxylation sites is 2. The molecule has 2 aromatic carbocycles. The maximum absolute atomic E-state index is 6.03. The Morgan fingerprint density at radius 3 is 1.60 bits per heavy atom. The van der Waals surface area contributed by atoms with Gasteiger partial charge in [0, 0.05) is 18.9 Å². The third-order valence-electron chi connectivity index (χ3n) is 2.32. The van der Waals surface area contributed by atoms with E-state index < -0.39 is 6.72 Å². The largest absolute Gasteiger partial charge is 0.434 e. The van der Waals surface area contributed by atoms with Gasteiger partial charge in [-0.15, -0.1) is 0 Å². The van der Waals surface area contributed by atoms with Gasteiger partial charge in [-0.2, -0.15) is 0 Å². The first-order valence-electron chi connectivity index (χ1n) is 5.58. The van der Waals surface area contributed by atoms with Crippen molar-refractivity contribution in [2.24, 2.45) is 0 Å². The molecule has 0 aliphatic carbocycles. The minimum Gasteiger partial charge on any atom is -0.414 e. The molecule has 0 aliphatic rings. The Balaban J connectivity index is 2.24. The van der Waals surface area contributed by atoms with E-state index in [0.29, 0.717) is 21.5 Å². The van der Waals surface area contributed by atoms with Crippen LogP contribution in [-0.2, 0) is 16.3 Å². The van der Waals surface area contributed by atoms with Crippen molar-refractivity contribution >= 4 is 41.7 Å². The molecule has 0 fully saturated rings. The van der Waals surface area contributed by atoms with Crippen LogP contribution in [0.5, 0.6) is 11.5 Å². The number of rotatable bonds is 5. The van der Waals surface area contributed by atoms with Crippen LogP contribution in [0.25, 0.3) is 0 Å². The van der Waals surface area contributed by atoms with Gasteiger partial charge in [0.15, 0.2) is 0 Å². The van der Waals surface area contributed by atoms with Crippen molar-refractivity contribution < 1.29 is 13.6 Å². The first kappa shape index (κ1) is 15.6. The summed E-state index contributed by atoms with van der Waals surface area (Å²) in [6, 6.07) is 13.9. The maximum Gasteiger partial charge on any atom is 0.434 e. The second kappa shape index (κ2) is 6.79. The third-order valence-corrected chi connectivity index (χ3v) is 5.12. The lowest BCUT2D eigenvalue weighted by atomic mass is 10.3. The predicted molar refractivity (Wildman–Crippen MR) is 85.5 cm³/mol. The SMILES string of the molecule is COP(=S)(Oc1ccccc1Cl)Oc1ccccc1Cl. The normalized spacial score (nSPS) is 11.2. The van der Waals surface area contributed by atoms with Crippen molar-refractivity contribution in [3.8, 4) is 11.5 Å². The predicted octanol–water partition coefficient (Wildman–Crippen LogP) is 5.32. The van der Waals surface area contributed by atoms with Crippen LogP contribution in [0, 0.1) is 0 Å². The summed E-state index contributed by atoms with van der Waals surface area (Å²) in [7, 11) is 1.43. The molecular formula is C13H11Cl2O3PS. The molecule has 7 heteroatoms. The lowest BCUT2D eigenvalue weighted by Gasteiger charge is -2.22. The van der Waals surface area contributed by atoms with Crippen LogP contribution in [0.4, 0.5) is 0 Å². The number of hydrogen-bond acceptors (Lipinski definition) is 4. The van der Waals surface area contributed by atoms with Gasteiger partial charge < -0.3 is 9.05 Å². The average Bonchev–Trinajstić information content (AvgIpc) is 2.44. The summed E-state index contributed by atoms with van der Waals surface area (Å²) in [6.45, 7) is -3.03. The summed E-state index contributed by atoms with van der Waals surface area (Å²) >= 11 is 17.4. The van der Waals surface area contributed by atoms with Crippen molar-refractivity contribution in [3.63, 3.8) is 0 Å². The Bertz CT molecular complexity index is 600. The second-order valence-corrected chi connectivity index (χ2v) is 7.45. The van der Waals surface area contributed by atoms with E-state index in [2.05, 4.69) is 0 Å². The van der Waals surface area contributed by atoms with Crippen LogP contribution < -0.4 is 9.05 Å². The highest BCUT2D eigenvalue weighted by molar-refractivity contribution is 8.07. The van der Waals surface area contributed by atoms with E-state index in [1.165, 1.54) is 7.11 Å². The van der Waals surface area contributed by atoms with Gasteiger partial charge in [0.25, 0.3) is 0 Å². The molecule has 0 heterocycles. The Kier molecular flexibility index (Phi) is 5.30. The highest BCUT2D eigenvalue weighted by atomic mass is 35.5. The molecule has 0 radical (unpaired) electrons. The smallest absolute Gasteiger partial charge is 0.414 e. The molecule has 0 bridgehead atoms. The molecule has 106 valence electrons. The topological polar surface area (TPSA) is 27.7 Å². The highest BCUT2D eigenvalue weighted by Crippen LogP contribution is 2.51. The standard InChI is InChI=1S/C13H11Cl2O3PS/c1-16-19(20,17-12-8-4-2-6-10(12)14)18-13-9-5-3-7-11(13)15/h2-9H,1H3. The van der Waals surface area contributed by atoms with Gasteiger partial charge in [0.2, 0.25) is 0 Å². The van der Waals surface area contributed by atoms with E-state index in [4.69, 9.17) is 48.6 Å². The van der Waals surface area contributed by atoms with Gasteiger partial charge in [0.05, 0.1) is 10.0 Å². The summed E-state index contributed by atoms with van der Waals surface area (Å²) in [6.07, 6.45) is 0. The molecule has 20 heavy (non-hydrogen) atoms. The van der Waals surface area contributed by atoms with Gasteiger partial charge >= 0.3 is 6.72 Å². The Morgan fingerprint density at radius 2 is 1.25 bits per heavy atom. The van der Waals surface area contributed by atoms with Crippen LogP contribution >= 0.6 is 29.9 Å². The zero-order valence-electron chi connectivity index (χ0n) is 10.5. The van der Waals surface area contributed by atoms with Crippen LogP contribution in [-0.4, -0.2) is 7.11 Å². The van der Waals surface area contributed by atoms with E-state index in [0.717, 1.165) is 0 Å². The van der Waals surface area contributed by atoms with Crippen molar-refractivity contribution in [2.45, 2.75) is 0 Å². The quantitative estimate of drug-likeness (QED) is 0.683. The molecule has 0 amide bonds. The third kappa shape index (κ3) is 3.87. The second-order valence-electron chi connectivity index (χ2n) is 3.67. The molecule has 3 nitrogen and oxygen atoms in total. The molecule has 2 rings (SSSR count). The molecule has 0 aromatic heterocycles. The lowest BCUT2D eigenvalue weighted by Crippen LogP contribution is -2.03. The fourth-order valence-corrected chi connectivity index (χ4v) is 3.30. The highest BCUT2D eigenvalue weighted by Gasteiger charge is 2.24. The van der Waals surface area contributed by atoms with E-state index in [1.54, 1.807) is 48.5 Å². The molecule has 0 atom stereocenters. The number of hydrogen-bond donors (Lipinski definition) is 0. The van der Waals surface area contributed by atoms with Crippen molar-refractivity contribution in [3.05, 3.63) is 58.6 Å². The molecule has 2 aromatic rings. The van der Waals surface area contributed by atoms with Crippen LogP contribution in [0.1, 0.15) is 0 Å². The van der Waals surface area contributed by atoms with Gasteiger partial charge in [-0.25, -0.2) is 0 Å². The molecule has 0 unspecified atom stereocenters. The fraction of sp³-hybridized carbons (Fsp3) is 0.0769. The molecule has 0 spiro atoms. The van der Waals surface area contributed by atoms with Gasteiger partial charge in [0.1, 0.15) is 11.5 Å². The van der Waals surface area contributed by atoms with Crippen LogP contribution in [0.15, 0.2) is 48.5 Å². The minimum absolute atomic E-state index is 0.409. The number of halogens is 2. The molecule has 0 saturated heterocycles. The molecular weight excluding hydrogens is 338 g/mol. The number of benzene rings is 2. The first-order chi connectivity index (χ1) is 9.54. The summed E-state index contributed by atoms with van der Waals surface area (Å²) in [5, 5.41) is 0.864. The summed E-state index contributed by atoms with van der Waals surface area (Å²) < 4.78 is 16.5. The zero-order chi connectivity index (χ0) is 14.6. The summed E-state index contributed by atoms with van der Waals surface area (Å²) in [5.74, 6) is 0.817. The summed E-state index contributed by atoms with van der Waals surface area (Å²) in [4.78, 5) is 0. The van der Waals surface area contributed by atoms with Gasteiger partial charge in [-0.1, -0.05) is 47.5 Å². The Morgan fingerprint density at radius 1 is 0.850 bits per heavy atom. The monoisotopic (exact) mass is 348 g/mol. The first-order valence-corrected chi connectivity index (χ1v) is 8.89. The van der Waals surface area contributed by atoms with Crippen LogP contribution in [0.2, 0.25) is 10.0 Å². The lowest BCUT2D eigenvalue weighted by molar-refractivity contribution is 0.319. The maximum atomic E-state index is 6.03. The van der Waals surface area contributed by atoms with E-state index in [1.807, 2.05) is 0 Å². The molecule has 0 saturated carbocycles. The Hall–Kier alpha value is -0.770.